The number of thiazole rings is 1. The van der Waals surface area contributed by atoms with Gasteiger partial charge in [-0.1, -0.05) is 20.8 Å². The number of aryl methyl sites for hydroxylation is 2. The minimum absolute atomic E-state index is 0.0298. The van der Waals surface area contributed by atoms with E-state index in [0.717, 1.165) is 16.4 Å². The fraction of sp³-hybridized carbons (Fsp3) is 0.500. The molecule has 0 saturated carbocycles. The summed E-state index contributed by atoms with van der Waals surface area (Å²) in [7, 11) is 1.82. The van der Waals surface area contributed by atoms with E-state index in [2.05, 4.69) is 30.9 Å². The number of nitrogens with zero attached hydrogens (tertiary/aromatic N) is 3. The largest absolute Gasteiger partial charge is 0.294 e. The molecular weight excluding hydrogens is 258 g/mol. The highest BCUT2D eigenvalue weighted by Crippen LogP contribution is 2.24. The second-order valence-electron chi connectivity index (χ2n) is 5.78. The lowest BCUT2D eigenvalue weighted by Gasteiger charge is -2.14. The molecule has 2 aromatic heterocycles. The Hall–Kier alpha value is -1.49. The van der Waals surface area contributed by atoms with Crippen molar-refractivity contribution in [1.29, 1.82) is 0 Å². The van der Waals surface area contributed by atoms with Crippen LogP contribution in [0.5, 0.6) is 0 Å². The molecule has 0 saturated heterocycles. The van der Waals surface area contributed by atoms with Crippen molar-refractivity contribution < 1.29 is 4.79 Å². The van der Waals surface area contributed by atoms with Gasteiger partial charge in [0, 0.05) is 24.0 Å². The van der Waals surface area contributed by atoms with Crippen LogP contribution in [0.1, 0.15) is 47.5 Å². The van der Waals surface area contributed by atoms with Crippen LogP contribution in [0.25, 0.3) is 0 Å². The fourth-order valence-electron chi connectivity index (χ4n) is 1.84. The van der Waals surface area contributed by atoms with Gasteiger partial charge >= 0.3 is 0 Å². The van der Waals surface area contributed by atoms with Crippen molar-refractivity contribution in [1.82, 2.24) is 14.8 Å². The molecule has 2 rings (SSSR count). The molecule has 2 heterocycles. The van der Waals surface area contributed by atoms with E-state index in [1.54, 1.807) is 22.2 Å². The van der Waals surface area contributed by atoms with Gasteiger partial charge in [-0.15, -0.1) is 11.3 Å². The van der Waals surface area contributed by atoms with Crippen molar-refractivity contribution in [2.45, 2.75) is 39.5 Å². The van der Waals surface area contributed by atoms with Gasteiger partial charge in [0.05, 0.1) is 23.4 Å². The smallest absolute Gasteiger partial charge is 0.173 e. The highest BCUT2D eigenvalue weighted by Gasteiger charge is 2.19. The molecule has 0 radical (unpaired) electrons. The Labute approximate surface area is 117 Å². The maximum atomic E-state index is 12.2. The molecule has 0 aliphatic carbocycles. The maximum absolute atomic E-state index is 12.2. The Balaban J connectivity index is 2.16. The topological polar surface area (TPSA) is 47.8 Å². The third-order valence-electron chi connectivity index (χ3n) is 2.95. The summed E-state index contributed by atoms with van der Waals surface area (Å²) in [5.41, 5.74) is 2.54. The predicted molar refractivity (Wildman–Crippen MR) is 76.8 cm³/mol. The second-order valence-corrected chi connectivity index (χ2v) is 6.72. The van der Waals surface area contributed by atoms with Crippen LogP contribution in [0.2, 0.25) is 0 Å². The molecule has 0 atom stereocenters. The van der Waals surface area contributed by atoms with Crippen LogP contribution in [-0.2, 0) is 18.9 Å². The zero-order valence-corrected chi connectivity index (χ0v) is 12.8. The van der Waals surface area contributed by atoms with Crippen LogP contribution in [0.15, 0.2) is 11.6 Å². The Morgan fingerprint density at radius 1 is 1.42 bits per heavy atom. The molecule has 0 unspecified atom stereocenters. The van der Waals surface area contributed by atoms with E-state index in [4.69, 9.17) is 0 Å². The third-order valence-corrected chi connectivity index (χ3v) is 3.79. The summed E-state index contributed by atoms with van der Waals surface area (Å²) in [5, 5.41) is 7.11. The summed E-state index contributed by atoms with van der Waals surface area (Å²) < 4.78 is 1.67. The zero-order valence-electron chi connectivity index (χ0n) is 12.0. The lowest BCUT2D eigenvalue weighted by Crippen LogP contribution is -2.12. The van der Waals surface area contributed by atoms with Gasteiger partial charge in [-0.3, -0.25) is 9.48 Å². The molecule has 0 spiro atoms. The first-order valence-electron chi connectivity index (χ1n) is 6.25. The maximum Gasteiger partial charge on any atom is 0.173 e. The summed E-state index contributed by atoms with van der Waals surface area (Å²) in [4.78, 5) is 16.8. The molecule has 0 bridgehead atoms. The summed E-state index contributed by atoms with van der Waals surface area (Å²) in [6.07, 6.45) is 2.13. The minimum Gasteiger partial charge on any atom is -0.294 e. The molecule has 5 heteroatoms. The van der Waals surface area contributed by atoms with Crippen molar-refractivity contribution in [2.24, 2.45) is 7.05 Å². The Bertz CT molecular complexity index is 604. The predicted octanol–water partition coefficient (Wildman–Crippen LogP) is 2.91. The molecule has 102 valence electrons. The highest BCUT2D eigenvalue weighted by molar-refractivity contribution is 7.09. The number of carbonyl (C=O) groups excluding carboxylic acids is 1. The first-order chi connectivity index (χ1) is 8.77. The van der Waals surface area contributed by atoms with Gasteiger partial charge in [0.25, 0.3) is 0 Å². The quantitative estimate of drug-likeness (QED) is 0.810. The van der Waals surface area contributed by atoms with E-state index in [-0.39, 0.29) is 11.2 Å². The van der Waals surface area contributed by atoms with Crippen molar-refractivity contribution in [2.75, 3.05) is 0 Å². The Morgan fingerprint density at radius 3 is 2.58 bits per heavy atom. The number of ketones is 1. The fourth-order valence-corrected chi connectivity index (χ4v) is 2.86. The standard InChI is InChI=1S/C14H19N3OS/c1-9-10(7-17(5)16-9)11(18)6-13-15-12(8-19-13)14(2,3)4/h7-8H,6H2,1-5H3. The first-order valence-corrected chi connectivity index (χ1v) is 7.13. The lowest BCUT2D eigenvalue weighted by molar-refractivity contribution is 0.0992. The summed E-state index contributed by atoms with van der Waals surface area (Å²) in [6.45, 7) is 8.23. The molecule has 0 aliphatic rings. The molecule has 0 fully saturated rings. The van der Waals surface area contributed by atoms with Gasteiger partial charge in [-0.2, -0.15) is 5.10 Å². The summed E-state index contributed by atoms with van der Waals surface area (Å²) in [5.74, 6) is 0.0837. The van der Waals surface area contributed by atoms with E-state index < -0.39 is 0 Å². The van der Waals surface area contributed by atoms with E-state index in [9.17, 15) is 4.79 Å². The van der Waals surface area contributed by atoms with Crippen LogP contribution in [0.3, 0.4) is 0 Å². The van der Waals surface area contributed by atoms with E-state index in [0.29, 0.717) is 12.0 Å². The van der Waals surface area contributed by atoms with Gasteiger partial charge in [-0.05, 0) is 6.92 Å². The average molecular weight is 277 g/mol. The summed E-state index contributed by atoms with van der Waals surface area (Å²) in [6, 6.07) is 0. The zero-order chi connectivity index (χ0) is 14.2. The normalized spacial score (nSPS) is 11.8. The van der Waals surface area contributed by atoms with Crippen LogP contribution < -0.4 is 0 Å². The van der Waals surface area contributed by atoms with Crippen molar-refractivity contribution >= 4 is 17.1 Å². The van der Waals surface area contributed by atoms with Crippen molar-refractivity contribution in [3.63, 3.8) is 0 Å². The molecule has 19 heavy (non-hydrogen) atoms. The monoisotopic (exact) mass is 277 g/mol. The SMILES string of the molecule is Cc1nn(C)cc1C(=O)Cc1nc(C(C)(C)C)cs1. The molecule has 4 nitrogen and oxygen atoms in total. The minimum atomic E-state index is 0.0298. The average Bonchev–Trinajstić information content (AvgIpc) is 2.84. The van der Waals surface area contributed by atoms with Crippen LogP contribution in [-0.4, -0.2) is 20.5 Å². The van der Waals surface area contributed by atoms with Crippen molar-refractivity contribution in [3.8, 4) is 0 Å². The first kappa shape index (κ1) is 13.9. The summed E-state index contributed by atoms with van der Waals surface area (Å²) >= 11 is 1.55. The van der Waals surface area contributed by atoms with Crippen LogP contribution in [0.4, 0.5) is 0 Å². The molecule has 0 aliphatic heterocycles. The third kappa shape index (κ3) is 3.10. The van der Waals surface area contributed by atoms with E-state index in [1.807, 2.05) is 19.4 Å². The number of aromatic nitrogens is 3. The molecule has 0 aromatic carbocycles. The van der Waals surface area contributed by atoms with Crippen molar-refractivity contribution in [3.05, 3.63) is 33.5 Å². The van der Waals surface area contributed by atoms with Gasteiger partial charge in [-0.25, -0.2) is 4.98 Å². The van der Waals surface area contributed by atoms with E-state index >= 15 is 0 Å². The molecule has 0 N–H and O–H groups in total. The number of rotatable bonds is 3. The Kier molecular flexibility index (Phi) is 3.58. The lowest BCUT2D eigenvalue weighted by atomic mass is 9.93. The molecular formula is C14H19N3OS. The van der Waals surface area contributed by atoms with Gasteiger partial charge in [0.15, 0.2) is 5.78 Å². The Morgan fingerprint density at radius 2 is 2.11 bits per heavy atom. The van der Waals surface area contributed by atoms with Gasteiger partial charge < -0.3 is 0 Å². The number of carbonyl (C=O) groups is 1. The highest BCUT2D eigenvalue weighted by atomic mass is 32.1. The van der Waals surface area contributed by atoms with Crippen LogP contribution >= 0.6 is 11.3 Å². The number of Topliss-reactive ketones (excluding diaryl/α,β-unsaturated/α-hetero) is 1. The van der Waals surface area contributed by atoms with Gasteiger partial charge in [0.1, 0.15) is 5.01 Å². The number of hydrogen-bond donors (Lipinski definition) is 0. The number of hydrogen-bond acceptors (Lipinski definition) is 4. The van der Waals surface area contributed by atoms with Gasteiger partial charge in [0.2, 0.25) is 0 Å². The van der Waals surface area contributed by atoms with Crippen LogP contribution in [0, 0.1) is 6.92 Å². The second kappa shape index (κ2) is 4.89. The molecule has 0 amide bonds. The van der Waals surface area contributed by atoms with E-state index in [1.165, 1.54) is 0 Å². The molecule has 2 aromatic rings.